The summed E-state index contributed by atoms with van der Waals surface area (Å²) >= 11 is 0. The molecule has 0 atom stereocenters. The van der Waals surface area contributed by atoms with Crippen LogP contribution in [0.25, 0.3) is 0 Å². The van der Waals surface area contributed by atoms with Crippen molar-refractivity contribution in [1.82, 2.24) is 15.1 Å². The SMILES string of the molecule is O=C(NCc1ccc2c(c1)OCO2)N1CCN(Cc2ccc(F)cc2)CC1. The molecule has 0 aliphatic carbocycles. The van der Waals surface area contributed by atoms with Gasteiger partial charge in [0.15, 0.2) is 11.5 Å². The number of piperazine rings is 1. The maximum atomic E-state index is 13.0. The van der Waals surface area contributed by atoms with Crippen molar-refractivity contribution in [1.29, 1.82) is 0 Å². The molecule has 0 spiro atoms. The van der Waals surface area contributed by atoms with E-state index in [-0.39, 0.29) is 18.6 Å². The zero-order valence-electron chi connectivity index (χ0n) is 15.0. The Hall–Kier alpha value is -2.80. The van der Waals surface area contributed by atoms with E-state index in [0.29, 0.717) is 19.6 Å². The molecule has 2 aromatic carbocycles. The Morgan fingerprint density at radius 2 is 1.67 bits per heavy atom. The van der Waals surface area contributed by atoms with E-state index in [1.807, 2.05) is 23.1 Å². The number of ether oxygens (including phenoxy) is 2. The minimum Gasteiger partial charge on any atom is -0.454 e. The van der Waals surface area contributed by atoms with Crippen molar-refractivity contribution in [2.24, 2.45) is 0 Å². The molecule has 1 fully saturated rings. The molecule has 2 aliphatic heterocycles. The zero-order chi connectivity index (χ0) is 18.6. The van der Waals surface area contributed by atoms with Gasteiger partial charge in [0.2, 0.25) is 6.79 Å². The minimum atomic E-state index is -0.220. The van der Waals surface area contributed by atoms with Crippen molar-refractivity contribution in [3.05, 3.63) is 59.4 Å². The lowest BCUT2D eigenvalue weighted by molar-refractivity contribution is 0.135. The van der Waals surface area contributed by atoms with Gasteiger partial charge in [-0.25, -0.2) is 9.18 Å². The summed E-state index contributed by atoms with van der Waals surface area (Å²) in [7, 11) is 0. The summed E-state index contributed by atoms with van der Waals surface area (Å²) in [6.45, 7) is 4.41. The normalized spacial score (nSPS) is 16.4. The fraction of sp³-hybridized carbons (Fsp3) is 0.350. The smallest absolute Gasteiger partial charge is 0.317 e. The van der Waals surface area contributed by atoms with E-state index in [2.05, 4.69) is 10.2 Å². The highest BCUT2D eigenvalue weighted by Crippen LogP contribution is 2.32. The monoisotopic (exact) mass is 371 g/mol. The van der Waals surface area contributed by atoms with Crippen LogP contribution < -0.4 is 14.8 Å². The summed E-state index contributed by atoms with van der Waals surface area (Å²) in [5.74, 6) is 1.24. The zero-order valence-corrected chi connectivity index (χ0v) is 15.0. The topological polar surface area (TPSA) is 54.0 Å². The molecule has 0 bridgehead atoms. The van der Waals surface area contributed by atoms with E-state index in [1.165, 1.54) is 12.1 Å². The number of hydrogen-bond donors (Lipinski definition) is 1. The molecular weight excluding hydrogens is 349 g/mol. The first-order valence-corrected chi connectivity index (χ1v) is 9.05. The van der Waals surface area contributed by atoms with Crippen molar-refractivity contribution in [2.75, 3.05) is 33.0 Å². The predicted molar refractivity (Wildman–Crippen MR) is 98.1 cm³/mol. The van der Waals surface area contributed by atoms with Crippen LogP contribution >= 0.6 is 0 Å². The molecular formula is C20H22FN3O3. The van der Waals surface area contributed by atoms with Gasteiger partial charge in [-0.15, -0.1) is 0 Å². The van der Waals surface area contributed by atoms with Crippen molar-refractivity contribution in [2.45, 2.75) is 13.1 Å². The number of urea groups is 1. The Bertz CT molecular complexity index is 805. The molecule has 0 saturated carbocycles. The third-order valence-electron chi connectivity index (χ3n) is 4.86. The molecule has 0 unspecified atom stereocenters. The lowest BCUT2D eigenvalue weighted by atomic mass is 10.2. The molecule has 6 nitrogen and oxygen atoms in total. The Labute approximate surface area is 157 Å². The van der Waals surface area contributed by atoms with Gasteiger partial charge in [-0.1, -0.05) is 18.2 Å². The van der Waals surface area contributed by atoms with Crippen LogP contribution in [-0.4, -0.2) is 48.8 Å². The second-order valence-corrected chi connectivity index (χ2v) is 6.74. The van der Waals surface area contributed by atoms with Crippen LogP contribution in [0.1, 0.15) is 11.1 Å². The number of benzene rings is 2. The lowest BCUT2D eigenvalue weighted by Crippen LogP contribution is -2.51. The van der Waals surface area contributed by atoms with Gasteiger partial charge in [0.25, 0.3) is 0 Å². The van der Waals surface area contributed by atoms with Crippen LogP contribution in [0.3, 0.4) is 0 Å². The lowest BCUT2D eigenvalue weighted by Gasteiger charge is -2.34. The molecule has 1 saturated heterocycles. The highest BCUT2D eigenvalue weighted by atomic mass is 19.1. The van der Waals surface area contributed by atoms with Crippen molar-refractivity contribution in [3.8, 4) is 11.5 Å². The van der Waals surface area contributed by atoms with Crippen molar-refractivity contribution < 1.29 is 18.7 Å². The van der Waals surface area contributed by atoms with Crippen LogP contribution in [0.15, 0.2) is 42.5 Å². The van der Waals surface area contributed by atoms with E-state index >= 15 is 0 Å². The van der Waals surface area contributed by atoms with E-state index < -0.39 is 0 Å². The van der Waals surface area contributed by atoms with E-state index in [1.54, 1.807) is 12.1 Å². The van der Waals surface area contributed by atoms with Crippen LogP contribution in [0, 0.1) is 5.82 Å². The van der Waals surface area contributed by atoms with Crippen LogP contribution in [0.5, 0.6) is 11.5 Å². The van der Waals surface area contributed by atoms with Crippen LogP contribution in [0.4, 0.5) is 9.18 Å². The average molecular weight is 371 g/mol. The number of fused-ring (bicyclic) bond motifs is 1. The first kappa shape index (κ1) is 17.6. The molecule has 4 rings (SSSR count). The molecule has 2 amide bonds. The van der Waals surface area contributed by atoms with Crippen LogP contribution in [0.2, 0.25) is 0 Å². The van der Waals surface area contributed by atoms with Gasteiger partial charge in [0.1, 0.15) is 5.82 Å². The number of carbonyl (C=O) groups is 1. The summed E-state index contributed by atoms with van der Waals surface area (Å²) in [6, 6.07) is 12.2. The van der Waals surface area contributed by atoms with Gasteiger partial charge in [-0.3, -0.25) is 4.90 Å². The van der Waals surface area contributed by atoms with E-state index in [4.69, 9.17) is 9.47 Å². The summed E-state index contributed by atoms with van der Waals surface area (Å²) in [6.07, 6.45) is 0. The molecule has 2 heterocycles. The summed E-state index contributed by atoms with van der Waals surface area (Å²) < 4.78 is 23.6. The summed E-state index contributed by atoms with van der Waals surface area (Å²) in [4.78, 5) is 16.5. The van der Waals surface area contributed by atoms with E-state index in [0.717, 1.165) is 42.3 Å². The van der Waals surface area contributed by atoms with Crippen molar-refractivity contribution >= 4 is 6.03 Å². The average Bonchev–Trinajstić information content (AvgIpc) is 3.16. The fourth-order valence-corrected chi connectivity index (χ4v) is 3.30. The molecule has 2 aromatic rings. The quantitative estimate of drug-likeness (QED) is 0.898. The van der Waals surface area contributed by atoms with Gasteiger partial charge in [-0.2, -0.15) is 0 Å². The minimum absolute atomic E-state index is 0.0610. The van der Waals surface area contributed by atoms with Crippen LogP contribution in [-0.2, 0) is 13.1 Å². The third-order valence-corrected chi connectivity index (χ3v) is 4.86. The summed E-state index contributed by atoms with van der Waals surface area (Å²) in [5, 5.41) is 2.96. The number of carbonyl (C=O) groups excluding carboxylic acids is 1. The molecule has 1 N–H and O–H groups in total. The second kappa shape index (κ2) is 7.84. The number of amides is 2. The maximum absolute atomic E-state index is 13.0. The first-order valence-electron chi connectivity index (χ1n) is 9.05. The maximum Gasteiger partial charge on any atom is 0.317 e. The number of nitrogens with zero attached hydrogens (tertiary/aromatic N) is 2. The first-order chi connectivity index (χ1) is 13.2. The van der Waals surface area contributed by atoms with Gasteiger partial charge >= 0.3 is 6.03 Å². The summed E-state index contributed by atoms with van der Waals surface area (Å²) in [5.41, 5.74) is 2.06. The molecule has 27 heavy (non-hydrogen) atoms. The highest BCUT2D eigenvalue weighted by molar-refractivity contribution is 5.74. The third kappa shape index (κ3) is 4.31. The molecule has 7 heteroatoms. The van der Waals surface area contributed by atoms with Gasteiger partial charge in [0, 0.05) is 39.3 Å². The Balaban J connectivity index is 1.23. The second-order valence-electron chi connectivity index (χ2n) is 6.74. The number of rotatable bonds is 4. The van der Waals surface area contributed by atoms with Gasteiger partial charge in [0.05, 0.1) is 0 Å². The number of nitrogens with one attached hydrogen (secondary N) is 1. The molecule has 2 aliphatic rings. The Morgan fingerprint density at radius 1 is 0.963 bits per heavy atom. The Morgan fingerprint density at radius 3 is 2.44 bits per heavy atom. The standard InChI is InChI=1S/C20H22FN3O3/c21-17-4-1-15(2-5-17)13-23-7-9-24(10-8-23)20(25)22-12-16-3-6-18-19(11-16)27-14-26-18/h1-6,11H,7-10,12-14H2,(H,22,25). The largest absolute Gasteiger partial charge is 0.454 e. The number of halogens is 1. The van der Waals surface area contributed by atoms with E-state index in [9.17, 15) is 9.18 Å². The van der Waals surface area contributed by atoms with Crippen molar-refractivity contribution in [3.63, 3.8) is 0 Å². The predicted octanol–water partition coefficient (Wildman–Crippen LogP) is 2.58. The number of hydrogen-bond acceptors (Lipinski definition) is 4. The molecule has 0 aromatic heterocycles. The fourth-order valence-electron chi connectivity index (χ4n) is 3.30. The van der Waals surface area contributed by atoms with Gasteiger partial charge < -0.3 is 19.7 Å². The molecule has 0 radical (unpaired) electrons. The Kier molecular flexibility index (Phi) is 5.11. The molecule has 142 valence electrons. The highest BCUT2D eigenvalue weighted by Gasteiger charge is 2.21. The van der Waals surface area contributed by atoms with Gasteiger partial charge in [-0.05, 0) is 35.4 Å².